The van der Waals surface area contributed by atoms with Crippen molar-refractivity contribution in [1.82, 2.24) is 0 Å². The third-order valence-electron chi connectivity index (χ3n) is 8.92. The summed E-state index contributed by atoms with van der Waals surface area (Å²) in [4.78, 5) is 26.0. The molecule has 0 aromatic heterocycles. The average molecular weight is 633 g/mol. The fourth-order valence-electron chi connectivity index (χ4n) is 5.83. The highest BCUT2D eigenvalue weighted by molar-refractivity contribution is 8.04. The zero-order chi connectivity index (χ0) is 31.4. The number of rotatable bonds is 33. The van der Waals surface area contributed by atoms with Crippen molar-refractivity contribution >= 4 is 28.8 Å². The summed E-state index contributed by atoms with van der Waals surface area (Å²) in [5, 5.41) is 30.0. The fourth-order valence-corrected chi connectivity index (χ4v) is 7.77. The molecule has 3 N–H and O–H groups in total. The van der Waals surface area contributed by atoms with Gasteiger partial charge in [-0.2, -0.15) is 0 Å². The Morgan fingerprint density at radius 1 is 0.500 bits per heavy atom. The number of hydrogen-bond donors (Lipinski definition) is 3. The number of aliphatic hydroxyl groups excluding tert-OH is 1. The molecule has 0 fully saturated rings. The minimum Gasteiger partial charge on any atom is -0.393 e. The second-order valence-corrected chi connectivity index (χ2v) is 14.6. The van der Waals surface area contributed by atoms with Crippen LogP contribution in [0.5, 0.6) is 0 Å². The molecule has 0 rings (SSSR count). The van der Waals surface area contributed by atoms with E-state index in [-0.39, 0.29) is 12.8 Å². The second-order valence-electron chi connectivity index (χ2n) is 12.7. The lowest BCUT2D eigenvalue weighted by molar-refractivity contribution is -0.172. The molecule has 0 aliphatic rings. The molecular weight excluding hydrogens is 562 g/mol. The highest BCUT2D eigenvalue weighted by atomic mass is 32.0. The first-order valence-electron chi connectivity index (χ1n) is 17.9. The maximum atomic E-state index is 13.0. The van der Waals surface area contributed by atoms with Crippen LogP contribution in [0.2, 0.25) is 0 Å². The molecule has 250 valence electrons. The number of ketones is 2. The van der Waals surface area contributed by atoms with Crippen LogP contribution in [0.15, 0.2) is 0 Å². The summed E-state index contributed by atoms with van der Waals surface area (Å²) in [6, 6.07) is 0. The second kappa shape index (κ2) is 28.5. The molecule has 0 heterocycles. The first kappa shape index (κ1) is 42.1. The van der Waals surface area contributed by atoms with E-state index < -0.39 is 37.4 Å². The van der Waals surface area contributed by atoms with Crippen LogP contribution in [0.3, 0.4) is 0 Å². The molecule has 4 unspecified atom stereocenters. The standard InChI is InChI=1S/C35H70O5P2/c1-3-5-7-9-11-13-15-17-19-21-23-25-27-29-32(37)34(39,31-36)35(40,42-41)33(38)30-28-26-24-22-20-18-16-14-12-10-8-6-4-2/h36,39-40,42H,3-31,41H2,1-2H3. The average Bonchev–Trinajstić information content (AvgIpc) is 3.00. The molecule has 0 aliphatic heterocycles. The molecule has 0 aromatic carbocycles. The Balaban J connectivity index is 4.16. The summed E-state index contributed by atoms with van der Waals surface area (Å²) >= 11 is 0. The fraction of sp³-hybridized carbons (Fsp3) is 0.943. The number of hydrogen-bond acceptors (Lipinski definition) is 5. The number of unbranched alkanes of at least 4 members (excludes halogenated alkanes) is 24. The maximum Gasteiger partial charge on any atom is 0.185 e. The van der Waals surface area contributed by atoms with Gasteiger partial charge in [-0.1, -0.05) is 176 Å². The van der Waals surface area contributed by atoms with Crippen molar-refractivity contribution in [1.29, 1.82) is 0 Å². The molecule has 4 atom stereocenters. The van der Waals surface area contributed by atoms with Gasteiger partial charge in [0.25, 0.3) is 0 Å². The third-order valence-corrected chi connectivity index (χ3v) is 11.3. The Bertz CT molecular complexity index is 593. The van der Waals surface area contributed by atoms with Gasteiger partial charge in [-0.05, 0) is 12.8 Å². The van der Waals surface area contributed by atoms with Crippen molar-refractivity contribution in [3.05, 3.63) is 0 Å². The molecule has 0 spiro atoms. The highest BCUT2D eigenvalue weighted by Crippen LogP contribution is 2.46. The van der Waals surface area contributed by atoms with Gasteiger partial charge in [-0.3, -0.25) is 9.59 Å². The van der Waals surface area contributed by atoms with Crippen LogP contribution in [0, 0.1) is 0 Å². The SMILES string of the molecule is CCCCCCCCCCCCCCCC(=O)C(O)(CO)C(O)(PP)C(=O)CCCCCCCCCCCCCCC. The monoisotopic (exact) mass is 632 g/mol. The number of carbonyl (C=O) groups excluding carboxylic acids is 2. The van der Waals surface area contributed by atoms with Crippen molar-refractivity contribution < 1.29 is 24.9 Å². The minimum absolute atomic E-state index is 0.0678. The van der Waals surface area contributed by atoms with E-state index in [1.165, 1.54) is 116 Å². The predicted molar refractivity (Wildman–Crippen MR) is 186 cm³/mol. The van der Waals surface area contributed by atoms with Crippen molar-refractivity contribution in [2.75, 3.05) is 6.61 Å². The van der Waals surface area contributed by atoms with E-state index in [1.54, 1.807) is 0 Å². The first-order valence-corrected chi connectivity index (χ1v) is 20.7. The molecule has 42 heavy (non-hydrogen) atoms. The van der Waals surface area contributed by atoms with E-state index in [4.69, 9.17) is 0 Å². The Morgan fingerprint density at radius 2 is 0.762 bits per heavy atom. The normalized spacial score (nSPS) is 14.8. The van der Waals surface area contributed by atoms with E-state index in [0.29, 0.717) is 12.8 Å². The lowest BCUT2D eigenvalue weighted by Gasteiger charge is -2.39. The van der Waals surface area contributed by atoms with E-state index >= 15 is 0 Å². The van der Waals surface area contributed by atoms with Crippen LogP contribution in [0.25, 0.3) is 0 Å². The maximum absolute atomic E-state index is 13.0. The van der Waals surface area contributed by atoms with Gasteiger partial charge >= 0.3 is 0 Å². The van der Waals surface area contributed by atoms with Crippen molar-refractivity contribution in [2.45, 2.75) is 205 Å². The van der Waals surface area contributed by atoms with Gasteiger partial charge < -0.3 is 15.3 Å². The third kappa shape index (κ3) is 18.8. The Kier molecular flexibility index (Phi) is 28.6. The Labute approximate surface area is 264 Å². The van der Waals surface area contributed by atoms with Gasteiger partial charge in [-0.15, -0.1) is 8.93 Å². The smallest absolute Gasteiger partial charge is 0.185 e. The minimum atomic E-state index is -2.43. The summed E-state index contributed by atoms with van der Waals surface area (Å²) in [6.45, 7) is 3.56. The lowest BCUT2D eigenvalue weighted by atomic mass is 9.85. The first-order chi connectivity index (χ1) is 20.3. The van der Waals surface area contributed by atoms with Crippen molar-refractivity contribution in [3.8, 4) is 0 Å². The largest absolute Gasteiger partial charge is 0.393 e. The van der Waals surface area contributed by atoms with E-state index in [9.17, 15) is 24.9 Å². The van der Waals surface area contributed by atoms with Crippen LogP contribution in [0.4, 0.5) is 0 Å². The van der Waals surface area contributed by atoms with E-state index in [0.717, 1.165) is 38.5 Å². The van der Waals surface area contributed by atoms with Crippen molar-refractivity contribution in [3.63, 3.8) is 0 Å². The van der Waals surface area contributed by atoms with Crippen LogP contribution >= 0.6 is 17.2 Å². The summed E-state index contributed by atoms with van der Waals surface area (Å²) in [7, 11) is 1.86. The molecular formula is C35H70O5P2. The molecule has 0 aromatic rings. The molecule has 0 aliphatic carbocycles. The molecule has 5 nitrogen and oxygen atoms in total. The zero-order valence-electron chi connectivity index (χ0n) is 27.7. The van der Waals surface area contributed by atoms with Crippen LogP contribution in [0.1, 0.15) is 194 Å². The van der Waals surface area contributed by atoms with Gasteiger partial charge in [-0.25, -0.2) is 0 Å². The molecule has 0 saturated heterocycles. The van der Waals surface area contributed by atoms with Crippen LogP contribution in [-0.4, -0.2) is 44.4 Å². The van der Waals surface area contributed by atoms with Gasteiger partial charge in [0.1, 0.15) is 0 Å². The van der Waals surface area contributed by atoms with Crippen LogP contribution in [-0.2, 0) is 9.59 Å². The Morgan fingerprint density at radius 3 is 1.02 bits per heavy atom. The van der Waals surface area contributed by atoms with Gasteiger partial charge in [0, 0.05) is 12.8 Å². The van der Waals surface area contributed by atoms with Crippen molar-refractivity contribution in [2.24, 2.45) is 0 Å². The number of aliphatic hydroxyl groups is 3. The van der Waals surface area contributed by atoms with E-state index in [2.05, 4.69) is 22.8 Å². The van der Waals surface area contributed by atoms with E-state index in [1.807, 2.05) is 0 Å². The molecule has 7 heteroatoms. The summed E-state index contributed by atoms with van der Waals surface area (Å²) in [5.74, 6) is -1.15. The molecule has 0 saturated carbocycles. The molecule has 0 amide bonds. The van der Waals surface area contributed by atoms with Gasteiger partial charge in [0.05, 0.1) is 6.61 Å². The lowest BCUT2D eigenvalue weighted by Crippen LogP contribution is -2.62. The molecule has 0 radical (unpaired) electrons. The zero-order valence-corrected chi connectivity index (χ0v) is 29.9. The highest BCUT2D eigenvalue weighted by Gasteiger charge is 2.57. The summed E-state index contributed by atoms with van der Waals surface area (Å²) < 4.78 is 0. The quantitative estimate of drug-likeness (QED) is 0.0494. The summed E-state index contributed by atoms with van der Waals surface area (Å²) in [5.41, 5.74) is -2.43. The Hall–Kier alpha value is 0.0800. The van der Waals surface area contributed by atoms with Crippen LogP contribution < -0.4 is 0 Å². The van der Waals surface area contributed by atoms with Gasteiger partial charge in [0.15, 0.2) is 22.5 Å². The van der Waals surface area contributed by atoms with Gasteiger partial charge in [0.2, 0.25) is 0 Å². The number of carbonyl (C=O) groups is 2. The predicted octanol–water partition coefficient (Wildman–Crippen LogP) is 9.97. The topological polar surface area (TPSA) is 94.8 Å². The number of Topliss-reactive ketones (excluding diaryl/α,β-unsaturated/α-hetero) is 2. The molecule has 0 bridgehead atoms. The summed E-state index contributed by atoms with van der Waals surface area (Å²) in [6.07, 6.45) is 31.2.